The quantitative estimate of drug-likeness (QED) is 0.531. The number of benzene rings is 2. The molecule has 0 amide bonds. The Kier molecular flexibility index (Phi) is 3.56. The van der Waals surface area contributed by atoms with Gasteiger partial charge in [0.1, 0.15) is 17.7 Å². The van der Waals surface area contributed by atoms with Crippen molar-refractivity contribution in [3.63, 3.8) is 0 Å². The highest BCUT2D eigenvalue weighted by Crippen LogP contribution is 2.48. The summed E-state index contributed by atoms with van der Waals surface area (Å²) >= 11 is 0. The Labute approximate surface area is 152 Å². The number of fused-ring (bicyclic) bond motifs is 1. The van der Waals surface area contributed by atoms with Gasteiger partial charge in [0.2, 0.25) is 0 Å². The van der Waals surface area contributed by atoms with Gasteiger partial charge in [-0.3, -0.25) is 0 Å². The third-order valence-corrected chi connectivity index (χ3v) is 5.49. The van der Waals surface area contributed by atoms with Gasteiger partial charge in [-0.05, 0) is 25.3 Å². The van der Waals surface area contributed by atoms with Crippen LogP contribution in [-0.2, 0) is 0 Å². The second-order valence-electron chi connectivity index (χ2n) is 6.96. The van der Waals surface area contributed by atoms with Crippen molar-refractivity contribution >= 4 is 11.2 Å². The Morgan fingerprint density at radius 2 is 1.62 bits per heavy atom. The third kappa shape index (κ3) is 2.33. The Morgan fingerprint density at radius 3 is 2.31 bits per heavy atom. The molecular weight excluding hydrogens is 320 g/mol. The molecule has 0 aliphatic heterocycles. The Bertz CT molecular complexity index is 1050. The molecule has 0 saturated heterocycles. The summed E-state index contributed by atoms with van der Waals surface area (Å²) in [5.74, 6) is 1.50. The molecule has 2 unspecified atom stereocenters. The molecule has 2 aromatic heterocycles. The lowest BCUT2D eigenvalue weighted by Crippen LogP contribution is -2.28. The van der Waals surface area contributed by atoms with Crippen molar-refractivity contribution in [2.45, 2.75) is 31.7 Å². The molecule has 0 spiro atoms. The Morgan fingerprint density at radius 1 is 0.885 bits per heavy atom. The Balaban J connectivity index is 1.70. The largest absolute Gasteiger partial charge is 0.305 e. The fraction of sp³-hybridized carbons (Fsp3) is 0.227. The maximum absolute atomic E-state index is 4.95. The van der Waals surface area contributed by atoms with Crippen molar-refractivity contribution in [2.75, 3.05) is 0 Å². The van der Waals surface area contributed by atoms with Gasteiger partial charge >= 0.3 is 0 Å². The van der Waals surface area contributed by atoms with E-state index < -0.39 is 0 Å². The van der Waals surface area contributed by atoms with E-state index in [0.29, 0.717) is 12.0 Å². The summed E-state index contributed by atoms with van der Waals surface area (Å²) in [4.78, 5) is 13.9. The molecule has 4 aromatic rings. The number of nitrogens with zero attached hydrogens (tertiary/aromatic N) is 4. The van der Waals surface area contributed by atoms with Crippen LogP contribution in [0.5, 0.6) is 0 Å². The zero-order valence-corrected chi connectivity index (χ0v) is 14.7. The normalized spacial score (nSPS) is 19.4. The summed E-state index contributed by atoms with van der Waals surface area (Å²) in [5, 5.41) is 0. The van der Waals surface area contributed by atoms with Gasteiger partial charge in [0.15, 0.2) is 5.65 Å². The van der Waals surface area contributed by atoms with E-state index >= 15 is 0 Å². The number of hydrogen-bond acceptors (Lipinski definition) is 3. The van der Waals surface area contributed by atoms with Gasteiger partial charge in [-0.2, -0.15) is 0 Å². The first-order chi connectivity index (χ1) is 12.8. The lowest BCUT2D eigenvalue weighted by molar-refractivity contribution is 0.263. The molecule has 1 aliphatic carbocycles. The predicted octanol–water partition coefficient (Wildman–Crippen LogP) is 4.92. The molecule has 2 heterocycles. The summed E-state index contributed by atoms with van der Waals surface area (Å²) in [6, 6.07) is 21.6. The van der Waals surface area contributed by atoms with Crippen molar-refractivity contribution in [3.8, 4) is 11.4 Å². The Hall–Kier alpha value is -3.01. The predicted molar refractivity (Wildman–Crippen MR) is 103 cm³/mol. The van der Waals surface area contributed by atoms with Crippen LogP contribution in [-0.4, -0.2) is 19.5 Å². The van der Waals surface area contributed by atoms with Gasteiger partial charge in [-0.25, -0.2) is 15.0 Å². The average molecular weight is 340 g/mol. The first-order valence-corrected chi connectivity index (χ1v) is 9.13. The van der Waals surface area contributed by atoms with Crippen LogP contribution in [0.3, 0.4) is 0 Å². The molecule has 1 saturated carbocycles. The smallest absolute Gasteiger partial charge is 0.164 e. The van der Waals surface area contributed by atoms with Gasteiger partial charge in [0.25, 0.3) is 0 Å². The van der Waals surface area contributed by atoms with Crippen LogP contribution in [0.4, 0.5) is 0 Å². The minimum Gasteiger partial charge on any atom is -0.305 e. The van der Waals surface area contributed by atoms with Crippen molar-refractivity contribution in [1.29, 1.82) is 0 Å². The minimum absolute atomic E-state index is 0.381. The van der Waals surface area contributed by atoms with E-state index in [-0.39, 0.29) is 0 Å². The van der Waals surface area contributed by atoms with E-state index in [2.05, 4.69) is 69.1 Å². The molecule has 2 atom stereocenters. The molecule has 4 heteroatoms. The van der Waals surface area contributed by atoms with Crippen LogP contribution in [0.25, 0.3) is 22.6 Å². The van der Waals surface area contributed by atoms with Crippen molar-refractivity contribution < 1.29 is 0 Å². The number of rotatable bonds is 3. The van der Waals surface area contributed by atoms with Gasteiger partial charge < -0.3 is 4.57 Å². The number of aromatic nitrogens is 4. The first kappa shape index (κ1) is 15.3. The van der Waals surface area contributed by atoms with Crippen LogP contribution in [0, 0.1) is 6.92 Å². The summed E-state index contributed by atoms with van der Waals surface area (Å²) in [6.45, 7) is 2.01. The van der Waals surface area contributed by atoms with Crippen LogP contribution in [0.2, 0.25) is 0 Å². The van der Waals surface area contributed by atoms with Gasteiger partial charge in [-0.1, -0.05) is 60.7 Å². The molecule has 128 valence electrons. The minimum atomic E-state index is 0.381. The average Bonchev–Trinajstić information content (AvgIpc) is 3.03. The van der Waals surface area contributed by atoms with Crippen molar-refractivity contribution in [1.82, 2.24) is 19.5 Å². The molecule has 1 fully saturated rings. The monoisotopic (exact) mass is 340 g/mol. The number of imidazole rings is 1. The summed E-state index contributed by atoms with van der Waals surface area (Å²) in [5.41, 5.74) is 5.31. The van der Waals surface area contributed by atoms with E-state index in [1.165, 1.54) is 12.0 Å². The lowest BCUT2D eigenvalue weighted by Gasteiger charge is -2.39. The summed E-state index contributed by atoms with van der Waals surface area (Å²) < 4.78 is 2.35. The molecular formula is C22H20N4. The molecule has 0 N–H and O–H groups in total. The maximum atomic E-state index is 4.95. The first-order valence-electron chi connectivity index (χ1n) is 9.13. The highest BCUT2D eigenvalue weighted by Gasteiger charge is 2.36. The highest BCUT2D eigenvalue weighted by atomic mass is 15.2. The van der Waals surface area contributed by atoms with Crippen LogP contribution < -0.4 is 0 Å². The third-order valence-electron chi connectivity index (χ3n) is 5.49. The van der Waals surface area contributed by atoms with E-state index in [4.69, 9.17) is 4.98 Å². The molecule has 4 nitrogen and oxygen atoms in total. The second-order valence-corrected chi connectivity index (χ2v) is 6.96. The van der Waals surface area contributed by atoms with Crippen molar-refractivity contribution in [2.24, 2.45) is 0 Å². The molecule has 0 radical (unpaired) electrons. The fourth-order valence-electron chi connectivity index (χ4n) is 4.01. The molecule has 5 rings (SSSR count). The summed E-state index contributed by atoms with van der Waals surface area (Å²) in [6.07, 6.45) is 4.00. The molecule has 1 aliphatic rings. The second kappa shape index (κ2) is 6.06. The maximum Gasteiger partial charge on any atom is 0.164 e. The van der Waals surface area contributed by atoms with E-state index in [9.17, 15) is 0 Å². The topological polar surface area (TPSA) is 43.6 Å². The van der Waals surface area contributed by atoms with E-state index in [1.54, 1.807) is 6.33 Å². The van der Waals surface area contributed by atoms with Crippen LogP contribution in [0.1, 0.15) is 36.1 Å². The molecule has 0 bridgehead atoms. The highest BCUT2D eigenvalue weighted by molar-refractivity contribution is 5.79. The van der Waals surface area contributed by atoms with Crippen molar-refractivity contribution in [3.05, 3.63) is 78.2 Å². The number of hydrogen-bond donors (Lipinski definition) is 0. The van der Waals surface area contributed by atoms with Gasteiger partial charge in [0.05, 0.1) is 5.69 Å². The molecule has 2 aromatic carbocycles. The van der Waals surface area contributed by atoms with Crippen LogP contribution >= 0.6 is 0 Å². The van der Waals surface area contributed by atoms with E-state index in [1.807, 2.05) is 13.0 Å². The standard InChI is InChI=1S/C22H20N4/c1-15-20-22(24-14-23-15)26(21(25-20)17-10-6-3-7-11-17)19-13-12-18(19)16-8-4-2-5-9-16/h2-11,14,18-19H,12-13H2,1H3. The summed E-state index contributed by atoms with van der Waals surface area (Å²) in [7, 11) is 0. The lowest BCUT2D eigenvalue weighted by atomic mass is 9.74. The van der Waals surface area contributed by atoms with Crippen LogP contribution in [0.15, 0.2) is 67.0 Å². The fourth-order valence-corrected chi connectivity index (χ4v) is 4.01. The number of aryl methyl sites for hydroxylation is 1. The van der Waals surface area contributed by atoms with E-state index in [0.717, 1.165) is 34.7 Å². The zero-order chi connectivity index (χ0) is 17.5. The van der Waals surface area contributed by atoms with Gasteiger partial charge in [-0.15, -0.1) is 0 Å². The SMILES string of the molecule is Cc1ncnc2c1nc(-c1ccccc1)n2C1CCC1c1ccccc1. The molecule has 26 heavy (non-hydrogen) atoms. The van der Waals surface area contributed by atoms with Gasteiger partial charge in [0, 0.05) is 17.5 Å². The zero-order valence-electron chi connectivity index (χ0n) is 14.7.